The molecular weight excluding hydrogens is 293 g/mol. The van der Waals surface area contributed by atoms with Crippen LogP contribution in [-0.2, 0) is 0 Å². The minimum atomic E-state index is -0.463. The summed E-state index contributed by atoms with van der Waals surface area (Å²) in [5.41, 5.74) is 0.544. The molecule has 1 heterocycles. The van der Waals surface area contributed by atoms with E-state index in [-0.39, 0.29) is 27.8 Å². The van der Waals surface area contributed by atoms with Gasteiger partial charge >= 0.3 is 0 Å². The molecule has 0 atom stereocenters. The Morgan fingerprint density at radius 3 is 2.62 bits per heavy atom. The van der Waals surface area contributed by atoms with Gasteiger partial charge in [0.05, 0.1) is 11.3 Å². The summed E-state index contributed by atoms with van der Waals surface area (Å²) in [4.78, 5) is 0. The quantitative estimate of drug-likeness (QED) is 0.636. The third-order valence-electron chi connectivity index (χ3n) is 2.99. The number of rotatable bonds is 2. The van der Waals surface area contributed by atoms with E-state index in [2.05, 4.69) is 10.2 Å². The molecule has 0 unspecified atom stereocenters. The maximum atomic E-state index is 14.0. The van der Waals surface area contributed by atoms with E-state index in [9.17, 15) is 14.6 Å². The Morgan fingerprint density at radius 2 is 1.90 bits per heavy atom. The van der Waals surface area contributed by atoms with Gasteiger partial charge in [-0.3, -0.25) is 9.67 Å². The molecule has 0 amide bonds. The molecule has 0 saturated heterocycles. The Hall–Kier alpha value is -2.67. The van der Waals surface area contributed by atoms with Gasteiger partial charge in [-0.05, 0) is 36.5 Å². The van der Waals surface area contributed by atoms with E-state index >= 15 is 0 Å². The minimum absolute atomic E-state index is 0.0807. The number of phenols is 2. The first-order chi connectivity index (χ1) is 10.1. The molecule has 7 heteroatoms. The topological polar surface area (TPSA) is 74.1 Å². The largest absolute Gasteiger partial charge is 0.508 e. The Morgan fingerprint density at radius 1 is 1.14 bits per heavy atom. The van der Waals surface area contributed by atoms with Gasteiger partial charge in [0, 0.05) is 6.07 Å². The normalized spacial score (nSPS) is 10.7. The Bertz CT molecular complexity index is 873. The molecule has 0 fully saturated rings. The van der Waals surface area contributed by atoms with Crippen molar-refractivity contribution in [3.05, 3.63) is 53.1 Å². The average molecular weight is 303 g/mol. The summed E-state index contributed by atoms with van der Waals surface area (Å²) in [6.07, 6.45) is 0. The third-order valence-corrected chi connectivity index (χ3v) is 3.26. The number of hydrogen-bond donors (Lipinski definition) is 3. The fourth-order valence-electron chi connectivity index (χ4n) is 2.04. The number of H-pyrrole nitrogens is 1. The van der Waals surface area contributed by atoms with Crippen molar-refractivity contribution in [1.82, 2.24) is 14.8 Å². The minimum Gasteiger partial charge on any atom is -0.508 e. The van der Waals surface area contributed by atoms with Crippen LogP contribution >= 0.6 is 12.2 Å². The lowest BCUT2D eigenvalue weighted by atomic mass is 10.1. The zero-order valence-corrected chi connectivity index (χ0v) is 11.4. The lowest BCUT2D eigenvalue weighted by Gasteiger charge is -2.09. The van der Waals surface area contributed by atoms with Crippen molar-refractivity contribution in [1.29, 1.82) is 0 Å². The summed E-state index contributed by atoms with van der Waals surface area (Å²) >= 11 is 5.13. The van der Waals surface area contributed by atoms with Crippen LogP contribution in [0.1, 0.15) is 0 Å². The maximum Gasteiger partial charge on any atom is 0.200 e. The monoisotopic (exact) mass is 303 g/mol. The molecule has 0 aliphatic heterocycles. The average Bonchev–Trinajstić information content (AvgIpc) is 2.81. The Balaban J connectivity index is 2.27. The number of aromatic hydroxyl groups is 2. The highest BCUT2D eigenvalue weighted by Crippen LogP contribution is 2.32. The number of aromatic amines is 1. The second kappa shape index (κ2) is 5.02. The third kappa shape index (κ3) is 2.27. The van der Waals surface area contributed by atoms with Gasteiger partial charge < -0.3 is 10.2 Å². The second-order valence-electron chi connectivity index (χ2n) is 4.34. The molecular formula is C14H10FN3O2S. The van der Waals surface area contributed by atoms with E-state index < -0.39 is 5.82 Å². The second-order valence-corrected chi connectivity index (χ2v) is 4.73. The van der Waals surface area contributed by atoms with Crippen molar-refractivity contribution in [3.63, 3.8) is 0 Å². The number of hydrogen-bond acceptors (Lipinski definition) is 4. The molecule has 3 N–H and O–H groups in total. The zero-order valence-electron chi connectivity index (χ0n) is 10.6. The summed E-state index contributed by atoms with van der Waals surface area (Å²) in [5, 5.41) is 25.9. The number of phenolic OH excluding ortho intramolecular Hbond substituents is 2. The smallest absolute Gasteiger partial charge is 0.200 e. The van der Waals surface area contributed by atoms with E-state index in [1.165, 1.54) is 28.8 Å². The highest BCUT2D eigenvalue weighted by atomic mass is 32.1. The van der Waals surface area contributed by atoms with E-state index in [4.69, 9.17) is 12.2 Å². The number of nitrogens with zero attached hydrogens (tertiary/aromatic N) is 2. The molecule has 0 radical (unpaired) electrons. The van der Waals surface area contributed by atoms with Gasteiger partial charge in [-0.15, -0.1) is 0 Å². The molecule has 3 aromatic rings. The number of aromatic nitrogens is 3. The van der Waals surface area contributed by atoms with Crippen molar-refractivity contribution in [3.8, 4) is 28.6 Å². The molecule has 3 rings (SSSR count). The van der Waals surface area contributed by atoms with Crippen LogP contribution in [0.4, 0.5) is 4.39 Å². The Kier molecular flexibility index (Phi) is 3.19. The molecule has 0 aliphatic carbocycles. The summed E-state index contributed by atoms with van der Waals surface area (Å²) < 4.78 is 15.6. The van der Waals surface area contributed by atoms with Crippen LogP contribution in [0.2, 0.25) is 0 Å². The van der Waals surface area contributed by atoms with E-state index in [0.29, 0.717) is 5.56 Å². The first kappa shape index (κ1) is 13.3. The van der Waals surface area contributed by atoms with Crippen molar-refractivity contribution >= 4 is 12.2 Å². The number of benzene rings is 2. The molecule has 0 spiro atoms. The van der Waals surface area contributed by atoms with Crippen molar-refractivity contribution in [2.45, 2.75) is 0 Å². The first-order valence-corrected chi connectivity index (χ1v) is 6.43. The molecule has 0 saturated carbocycles. The van der Waals surface area contributed by atoms with Gasteiger partial charge in [-0.2, -0.15) is 5.10 Å². The fourth-order valence-corrected chi connectivity index (χ4v) is 2.27. The van der Waals surface area contributed by atoms with Crippen LogP contribution in [0.25, 0.3) is 17.1 Å². The van der Waals surface area contributed by atoms with E-state index in [1.54, 1.807) is 18.2 Å². The van der Waals surface area contributed by atoms with Crippen LogP contribution in [0.15, 0.2) is 42.5 Å². The fraction of sp³-hybridized carbons (Fsp3) is 0. The maximum absolute atomic E-state index is 14.0. The number of nitrogens with one attached hydrogen (secondary N) is 1. The number of para-hydroxylation sites is 1. The molecule has 1 aromatic heterocycles. The van der Waals surface area contributed by atoms with Crippen LogP contribution in [-0.4, -0.2) is 25.0 Å². The highest BCUT2D eigenvalue weighted by Gasteiger charge is 2.16. The van der Waals surface area contributed by atoms with Crippen LogP contribution < -0.4 is 0 Å². The van der Waals surface area contributed by atoms with Gasteiger partial charge in [-0.1, -0.05) is 12.1 Å². The van der Waals surface area contributed by atoms with E-state index in [0.717, 1.165) is 0 Å². The lowest BCUT2D eigenvalue weighted by Crippen LogP contribution is -2.00. The van der Waals surface area contributed by atoms with Gasteiger partial charge in [0.15, 0.2) is 10.6 Å². The lowest BCUT2D eigenvalue weighted by molar-refractivity contribution is 0.451. The van der Waals surface area contributed by atoms with Crippen LogP contribution in [0, 0.1) is 10.6 Å². The standard InChI is InChI=1S/C14H10FN3O2S/c15-10-3-1-2-4-11(10)18-13(16-17-14(18)21)9-6-5-8(19)7-12(9)20/h1-7,19-20H,(H,17,21). The van der Waals surface area contributed by atoms with Crippen molar-refractivity contribution in [2.24, 2.45) is 0 Å². The number of halogens is 1. The molecule has 0 aliphatic rings. The first-order valence-electron chi connectivity index (χ1n) is 6.02. The molecule has 21 heavy (non-hydrogen) atoms. The van der Waals surface area contributed by atoms with Gasteiger partial charge in [-0.25, -0.2) is 4.39 Å². The predicted octanol–water partition coefficient (Wildman–Crippen LogP) is 3.15. The zero-order chi connectivity index (χ0) is 15.0. The van der Waals surface area contributed by atoms with Crippen molar-refractivity contribution < 1.29 is 14.6 Å². The summed E-state index contributed by atoms with van der Waals surface area (Å²) in [7, 11) is 0. The van der Waals surface area contributed by atoms with Crippen LogP contribution in [0.5, 0.6) is 11.5 Å². The van der Waals surface area contributed by atoms with Gasteiger partial charge in [0.2, 0.25) is 0 Å². The predicted molar refractivity (Wildman–Crippen MR) is 77.5 cm³/mol. The van der Waals surface area contributed by atoms with Crippen molar-refractivity contribution in [2.75, 3.05) is 0 Å². The summed E-state index contributed by atoms with van der Waals surface area (Å²) in [5.74, 6) is -0.471. The summed E-state index contributed by atoms with van der Waals surface area (Å²) in [6.45, 7) is 0. The molecule has 0 bridgehead atoms. The molecule has 2 aromatic carbocycles. The SMILES string of the molecule is Oc1ccc(-c2n[nH]c(=S)n2-c2ccccc2F)c(O)c1. The molecule has 106 valence electrons. The van der Waals surface area contributed by atoms with Gasteiger partial charge in [0.1, 0.15) is 17.3 Å². The van der Waals surface area contributed by atoms with E-state index in [1.807, 2.05) is 0 Å². The van der Waals surface area contributed by atoms with Crippen LogP contribution in [0.3, 0.4) is 0 Å². The highest BCUT2D eigenvalue weighted by molar-refractivity contribution is 7.71. The van der Waals surface area contributed by atoms with Gasteiger partial charge in [0.25, 0.3) is 0 Å². The Labute approximate surface area is 123 Å². The molecule has 5 nitrogen and oxygen atoms in total. The summed E-state index contributed by atoms with van der Waals surface area (Å²) in [6, 6.07) is 10.2.